The van der Waals surface area contributed by atoms with Crippen LogP contribution in [0.1, 0.15) is 27.0 Å². The topological polar surface area (TPSA) is 46.2 Å². The first kappa shape index (κ1) is 14.2. The molecule has 3 nitrogen and oxygen atoms in total. The second-order valence-corrected chi connectivity index (χ2v) is 5.70. The molecule has 0 radical (unpaired) electrons. The highest BCUT2D eigenvalue weighted by molar-refractivity contribution is 7.14. The smallest absolute Gasteiger partial charge is 0.221 e. The van der Waals surface area contributed by atoms with E-state index in [4.69, 9.17) is 0 Å². The van der Waals surface area contributed by atoms with E-state index in [9.17, 15) is 9.59 Å². The van der Waals surface area contributed by atoms with Gasteiger partial charge in [0, 0.05) is 17.5 Å². The average molecular weight is 285 g/mol. The molecule has 0 bridgehead atoms. The van der Waals surface area contributed by atoms with Crippen LogP contribution in [0.25, 0.3) is 6.08 Å². The van der Waals surface area contributed by atoms with E-state index in [0.29, 0.717) is 0 Å². The van der Waals surface area contributed by atoms with Crippen LogP contribution in [0.15, 0.2) is 42.5 Å². The second-order valence-electron chi connectivity index (χ2n) is 4.41. The van der Waals surface area contributed by atoms with Gasteiger partial charge >= 0.3 is 0 Å². The predicted molar refractivity (Wildman–Crippen MR) is 83.2 cm³/mol. The number of amides is 1. The van der Waals surface area contributed by atoms with Gasteiger partial charge in [0.15, 0.2) is 5.78 Å². The number of benzene rings is 1. The van der Waals surface area contributed by atoms with Gasteiger partial charge in [0.2, 0.25) is 5.91 Å². The lowest BCUT2D eigenvalue weighted by Crippen LogP contribution is -2.05. The van der Waals surface area contributed by atoms with Crippen LogP contribution in [0, 0.1) is 6.92 Å². The molecule has 0 aliphatic carbocycles. The van der Waals surface area contributed by atoms with Crippen LogP contribution in [-0.4, -0.2) is 11.7 Å². The minimum atomic E-state index is -0.100. The maximum absolute atomic E-state index is 11.9. The quantitative estimate of drug-likeness (QED) is 0.684. The standard InChI is InChI=1S/C16H15NO2S/c1-11-3-10-16(20-11)15(19)9-6-13-4-7-14(8-5-13)17-12(2)18/h3-10H,1-2H3,(H,17,18)/b9-6+. The van der Waals surface area contributed by atoms with Crippen LogP contribution in [0.4, 0.5) is 5.69 Å². The van der Waals surface area contributed by atoms with Gasteiger partial charge in [-0.3, -0.25) is 9.59 Å². The first-order valence-corrected chi connectivity index (χ1v) is 7.03. The summed E-state index contributed by atoms with van der Waals surface area (Å²) in [4.78, 5) is 24.7. The van der Waals surface area contributed by atoms with Gasteiger partial charge in [-0.1, -0.05) is 18.2 Å². The highest BCUT2D eigenvalue weighted by Crippen LogP contribution is 2.17. The Hall–Kier alpha value is -2.20. The lowest BCUT2D eigenvalue weighted by Gasteiger charge is -2.01. The van der Waals surface area contributed by atoms with Crippen LogP contribution in [0.2, 0.25) is 0 Å². The number of hydrogen-bond acceptors (Lipinski definition) is 3. The van der Waals surface area contributed by atoms with Crippen LogP contribution >= 0.6 is 11.3 Å². The number of rotatable bonds is 4. The zero-order valence-electron chi connectivity index (χ0n) is 11.3. The van der Waals surface area contributed by atoms with E-state index in [0.717, 1.165) is 21.0 Å². The Morgan fingerprint density at radius 3 is 2.35 bits per heavy atom. The number of carbonyl (C=O) groups is 2. The van der Waals surface area contributed by atoms with Gasteiger partial charge < -0.3 is 5.32 Å². The first-order valence-electron chi connectivity index (χ1n) is 6.21. The Morgan fingerprint density at radius 1 is 1.10 bits per heavy atom. The zero-order chi connectivity index (χ0) is 14.5. The summed E-state index contributed by atoms with van der Waals surface area (Å²) in [7, 11) is 0. The molecule has 1 aromatic carbocycles. The number of hydrogen-bond donors (Lipinski definition) is 1. The molecular formula is C16H15NO2S. The van der Waals surface area contributed by atoms with Crippen molar-refractivity contribution in [3.05, 3.63) is 57.8 Å². The van der Waals surface area contributed by atoms with Gasteiger partial charge in [-0.25, -0.2) is 0 Å². The summed E-state index contributed by atoms with van der Waals surface area (Å²) >= 11 is 1.49. The van der Waals surface area contributed by atoms with Crippen molar-refractivity contribution in [2.75, 3.05) is 5.32 Å². The summed E-state index contributed by atoms with van der Waals surface area (Å²) in [6.07, 6.45) is 3.34. The van der Waals surface area contributed by atoms with Crippen LogP contribution in [0.3, 0.4) is 0 Å². The average Bonchev–Trinajstić information content (AvgIpc) is 2.84. The SMILES string of the molecule is CC(=O)Nc1ccc(/C=C/C(=O)c2ccc(C)s2)cc1. The first-order chi connectivity index (χ1) is 9.54. The summed E-state index contributed by atoms with van der Waals surface area (Å²) in [6, 6.07) is 11.1. The molecule has 1 aromatic heterocycles. The lowest BCUT2D eigenvalue weighted by atomic mass is 10.1. The number of thiophene rings is 1. The van der Waals surface area contributed by atoms with Gasteiger partial charge in [-0.05, 0) is 42.8 Å². The summed E-state index contributed by atoms with van der Waals surface area (Å²) in [5.41, 5.74) is 1.66. The third kappa shape index (κ3) is 3.90. The van der Waals surface area contributed by atoms with E-state index in [-0.39, 0.29) is 11.7 Å². The molecule has 0 aliphatic rings. The molecule has 0 spiro atoms. The Balaban J connectivity index is 2.04. The molecule has 1 amide bonds. The van der Waals surface area contributed by atoms with Crippen molar-refractivity contribution in [3.8, 4) is 0 Å². The molecule has 1 N–H and O–H groups in total. The van der Waals surface area contributed by atoms with Crippen LogP contribution in [0.5, 0.6) is 0 Å². The molecule has 2 aromatic rings. The van der Waals surface area contributed by atoms with Gasteiger partial charge in [-0.15, -0.1) is 11.3 Å². The summed E-state index contributed by atoms with van der Waals surface area (Å²) in [5.74, 6) is -0.0921. The maximum atomic E-state index is 11.9. The molecule has 4 heteroatoms. The molecule has 0 fully saturated rings. The summed E-state index contributed by atoms with van der Waals surface area (Å²) in [6.45, 7) is 3.45. The number of anilines is 1. The monoisotopic (exact) mass is 285 g/mol. The van der Waals surface area contributed by atoms with Gasteiger partial charge in [-0.2, -0.15) is 0 Å². The van der Waals surface area contributed by atoms with Crippen molar-refractivity contribution < 1.29 is 9.59 Å². The lowest BCUT2D eigenvalue weighted by molar-refractivity contribution is -0.114. The van der Waals surface area contributed by atoms with Crippen molar-refractivity contribution in [2.45, 2.75) is 13.8 Å². The molecule has 102 valence electrons. The molecule has 2 rings (SSSR count). The minimum Gasteiger partial charge on any atom is -0.326 e. The third-order valence-electron chi connectivity index (χ3n) is 2.64. The second kappa shape index (κ2) is 6.30. The van der Waals surface area contributed by atoms with Crippen molar-refractivity contribution in [1.29, 1.82) is 0 Å². The molecule has 0 aliphatic heterocycles. The highest BCUT2D eigenvalue weighted by atomic mass is 32.1. The number of aryl methyl sites for hydroxylation is 1. The fourth-order valence-corrected chi connectivity index (χ4v) is 2.49. The zero-order valence-corrected chi connectivity index (χ0v) is 12.2. The molecule has 20 heavy (non-hydrogen) atoms. The summed E-state index contributed by atoms with van der Waals surface area (Å²) < 4.78 is 0. The van der Waals surface area contributed by atoms with Crippen LogP contribution in [-0.2, 0) is 4.79 Å². The molecule has 0 saturated heterocycles. The Kier molecular flexibility index (Phi) is 4.48. The molecule has 0 unspecified atom stereocenters. The van der Waals surface area contributed by atoms with Crippen molar-refractivity contribution >= 4 is 34.8 Å². The molecular weight excluding hydrogens is 270 g/mol. The van der Waals surface area contributed by atoms with Gasteiger partial charge in [0.25, 0.3) is 0 Å². The van der Waals surface area contributed by atoms with Gasteiger partial charge in [0.05, 0.1) is 4.88 Å². The predicted octanol–water partition coefficient (Wildman–Crippen LogP) is 3.91. The number of allylic oxidation sites excluding steroid dienone is 1. The number of carbonyl (C=O) groups excluding carboxylic acids is 2. The Morgan fingerprint density at radius 2 is 1.80 bits per heavy atom. The van der Waals surface area contributed by atoms with E-state index in [1.165, 1.54) is 18.3 Å². The van der Waals surface area contributed by atoms with E-state index in [1.54, 1.807) is 24.3 Å². The number of ketones is 1. The third-order valence-corrected chi connectivity index (χ3v) is 3.66. The fourth-order valence-electron chi connectivity index (χ4n) is 1.70. The molecule has 0 atom stereocenters. The largest absolute Gasteiger partial charge is 0.326 e. The maximum Gasteiger partial charge on any atom is 0.221 e. The molecule has 0 saturated carbocycles. The van der Waals surface area contributed by atoms with Crippen molar-refractivity contribution in [2.24, 2.45) is 0 Å². The van der Waals surface area contributed by atoms with Gasteiger partial charge in [0.1, 0.15) is 0 Å². The van der Waals surface area contributed by atoms with E-state index in [1.807, 2.05) is 31.2 Å². The van der Waals surface area contributed by atoms with E-state index >= 15 is 0 Å². The number of nitrogens with one attached hydrogen (secondary N) is 1. The Labute approximate surface area is 122 Å². The van der Waals surface area contributed by atoms with Crippen LogP contribution < -0.4 is 5.32 Å². The summed E-state index contributed by atoms with van der Waals surface area (Å²) in [5, 5.41) is 2.70. The van der Waals surface area contributed by atoms with E-state index in [2.05, 4.69) is 5.32 Å². The fraction of sp³-hybridized carbons (Fsp3) is 0.125. The van der Waals surface area contributed by atoms with E-state index < -0.39 is 0 Å². The highest BCUT2D eigenvalue weighted by Gasteiger charge is 2.03. The van der Waals surface area contributed by atoms with Crippen molar-refractivity contribution in [3.63, 3.8) is 0 Å². The van der Waals surface area contributed by atoms with Crippen molar-refractivity contribution in [1.82, 2.24) is 0 Å². The minimum absolute atomic E-state index is 0.00837. The molecule has 1 heterocycles. The Bertz CT molecular complexity index is 653. The normalized spacial score (nSPS) is 10.7.